The van der Waals surface area contributed by atoms with E-state index in [0.29, 0.717) is 36.7 Å². The normalized spacial score (nSPS) is 17.1. The van der Waals surface area contributed by atoms with Crippen molar-refractivity contribution < 1.29 is 18.7 Å². The monoisotopic (exact) mass is 358 g/mol. The van der Waals surface area contributed by atoms with Gasteiger partial charge in [0.15, 0.2) is 0 Å². The van der Waals surface area contributed by atoms with E-state index in [-0.39, 0.29) is 17.8 Å². The van der Waals surface area contributed by atoms with Crippen molar-refractivity contribution in [1.29, 1.82) is 0 Å². The number of carbonyl (C=O) groups excluding carboxylic acids is 1. The Bertz CT molecular complexity index is 784. The summed E-state index contributed by atoms with van der Waals surface area (Å²) in [7, 11) is 3.13. The average molecular weight is 358 g/mol. The van der Waals surface area contributed by atoms with E-state index in [1.165, 1.54) is 12.1 Å². The van der Waals surface area contributed by atoms with Gasteiger partial charge in [-0.25, -0.2) is 4.39 Å². The third-order valence-corrected chi connectivity index (χ3v) is 4.74. The van der Waals surface area contributed by atoms with Gasteiger partial charge < -0.3 is 19.7 Å². The van der Waals surface area contributed by atoms with Crippen LogP contribution in [0.4, 0.5) is 4.39 Å². The number of hydrogen-bond donors (Lipinski definition) is 1. The van der Waals surface area contributed by atoms with Crippen molar-refractivity contribution in [2.75, 3.05) is 33.9 Å². The van der Waals surface area contributed by atoms with Gasteiger partial charge in [0.25, 0.3) is 5.91 Å². The zero-order valence-electron chi connectivity index (χ0n) is 15.2. The smallest absolute Gasteiger partial charge is 0.254 e. The minimum Gasteiger partial charge on any atom is -0.496 e. The third kappa shape index (κ3) is 3.51. The van der Waals surface area contributed by atoms with Crippen LogP contribution < -0.4 is 14.8 Å². The molecule has 1 heterocycles. The molecule has 1 aliphatic rings. The highest BCUT2D eigenvalue weighted by Gasteiger charge is 2.29. The first kappa shape index (κ1) is 18.2. The Balaban J connectivity index is 1.97. The number of halogens is 1. The maximum atomic E-state index is 13.7. The molecular weight excluding hydrogens is 335 g/mol. The SMILES string of the molecule is COc1cc(C(=O)N2CCNCC2c2cccc(F)c2)cc(OC)c1C. The van der Waals surface area contributed by atoms with Gasteiger partial charge in [0.05, 0.1) is 20.3 Å². The maximum Gasteiger partial charge on any atom is 0.254 e. The number of nitrogens with zero attached hydrogens (tertiary/aromatic N) is 1. The van der Waals surface area contributed by atoms with Gasteiger partial charge in [0.2, 0.25) is 0 Å². The molecule has 26 heavy (non-hydrogen) atoms. The highest BCUT2D eigenvalue weighted by atomic mass is 19.1. The van der Waals surface area contributed by atoms with Crippen molar-refractivity contribution in [1.82, 2.24) is 10.2 Å². The standard InChI is InChI=1S/C20H23FN2O3/c1-13-18(25-2)10-15(11-19(13)26-3)20(24)23-8-7-22-12-17(23)14-5-4-6-16(21)9-14/h4-6,9-11,17,22H,7-8,12H2,1-3H3. The lowest BCUT2D eigenvalue weighted by molar-refractivity contribution is 0.0633. The Hall–Kier alpha value is -2.60. The molecule has 0 spiro atoms. The summed E-state index contributed by atoms with van der Waals surface area (Å²) in [5.41, 5.74) is 2.11. The highest BCUT2D eigenvalue weighted by molar-refractivity contribution is 5.95. The first-order valence-electron chi connectivity index (χ1n) is 8.55. The van der Waals surface area contributed by atoms with E-state index in [4.69, 9.17) is 9.47 Å². The second kappa shape index (κ2) is 7.74. The van der Waals surface area contributed by atoms with Crippen LogP contribution in [0.1, 0.15) is 27.5 Å². The van der Waals surface area contributed by atoms with E-state index in [2.05, 4.69) is 5.32 Å². The molecule has 2 aromatic carbocycles. The number of amides is 1. The molecule has 1 saturated heterocycles. The van der Waals surface area contributed by atoms with Crippen LogP contribution >= 0.6 is 0 Å². The van der Waals surface area contributed by atoms with E-state index < -0.39 is 0 Å². The predicted molar refractivity (Wildman–Crippen MR) is 97.3 cm³/mol. The van der Waals surface area contributed by atoms with Gasteiger partial charge in [-0.05, 0) is 36.8 Å². The number of carbonyl (C=O) groups is 1. The van der Waals surface area contributed by atoms with Crippen molar-refractivity contribution in [2.45, 2.75) is 13.0 Å². The summed E-state index contributed by atoms with van der Waals surface area (Å²) in [5, 5.41) is 3.28. The fraction of sp³-hybridized carbons (Fsp3) is 0.350. The molecule has 1 unspecified atom stereocenters. The fourth-order valence-electron chi connectivity index (χ4n) is 3.33. The van der Waals surface area contributed by atoms with E-state index in [1.54, 1.807) is 37.3 Å². The molecule has 0 aliphatic carbocycles. The summed E-state index contributed by atoms with van der Waals surface area (Å²) in [5.74, 6) is 0.770. The van der Waals surface area contributed by atoms with Crippen LogP contribution in [0.15, 0.2) is 36.4 Å². The molecule has 3 rings (SSSR count). The molecule has 5 nitrogen and oxygen atoms in total. The van der Waals surface area contributed by atoms with Crippen LogP contribution in [0.25, 0.3) is 0 Å². The predicted octanol–water partition coefficient (Wildman–Crippen LogP) is 2.94. The molecule has 138 valence electrons. The minimum atomic E-state index is -0.306. The molecule has 1 fully saturated rings. The van der Waals surface area contributed by atoms with Crippen LogP contribution in [0.2, 0.25) is 0 Å². The number of methoxy groups -OCH3 is 2. The number of ether oxygens (including phenoxy) is 2. The molecule has 2 aromatic rings. The van der Waals surface area contributed by atoms with Crippen molar-refractivity contribution in [3.63, 3.8) is 0 Å². The van der Waals surface area contributed by atoms with Gasteiger partial charge in [-0.1, -0.05) is 12.1 Å². The Morgan fingerprint density at radius 3 is 2.50 bits per heavy atom. The maximum absolute atomic E-state index is 13.7. The van der Waals surface area contributed by atoms with E-state index in [9.17, 15) is 9.18 Å². The number of hydrogen-bond acceptors (Lipinski definition) is 4. The minimum absolute atomic E-state index is 0.127. The largest absolute Gasteiger partial charge is 0.496 e. The zero-order valence-corrected chi connectivity index (χ0v) is 15.2. The third-order valence-electron chi connectivity index (χ3n) is 4.74. The van der Waals surface area contributed by atoms with Crippen molar-refractivity contribution in [3.05, 3.63) is 58.9 Å². The molecule has 0 saturated carbocycles. The molecule has 1 N–H and O–H groups in total. The van der Waals surface area contributed by atoms with Gasteiger partial charge >= 0.3 is 0 Å². The van der Waals surface area contributed by atoms with Gasteiger partial charge in [-0.3, -0.25) is 4.79 Å². The van der Waals surface area contributed by atoms with Gasteiger partial charge in [0, 0.05) is 30.8 Å². The molecule has 1 atom stereocenters. The van der Waals surface area contributed by atoms with Crippen LogP contribution in [0.5, 0.6) is 11.5 Å². The molecule has 1 aliphatic heterocycles. The zero-order chi connectivity index (χ0) is 18.7. The van der Waals surface area contributed by atoms with Crippen LogP contribution in [0, 0.1) is 12.7 Å². The number of rotatable bonds is 4. The van der Waals surface area contributed by atoms with E-state index in [0.717, 1.165) is 11.1 Å². The number of piperazine rings is 1. The van der Waals surface area contributed by atoms with Gasteiger partial charge in [-0.2, -0.15) is 0 Å². The Kier molecular flexibility index (Phi) is 5.42. The number of nitrogens with one attached hydrogen (secondary N) is 1. The first-order valence-corrected chi connectivity index (χ1v) is 8.55. The van der Waals surface area contributed by atoms with E-state index >= 15 is 0 Å². The van der Waals surface area contributed by atoms with Gasteiger partial charge in [-0.15, -0.1) is 0 Å². The molecule has 0 aromatic heterocycles. The summed E-state index contributed by atoms with van der Waals surface area (Å²) in [6.07, 6.45) is 0. The summed E-state index contributed by atoms with van der Waals surface area (Å²) in [4.78, 5) is 15.0. The average Bonchev–Trinajstić information content (AvgIpc) is 2.67. The fourth-order valence-corrected chi connectivity index (χ4v) is 3.33. The first-order chi connectivity index (χ1) is 12.5. The Labute approximate surface area is 152 Å². The Morgan fingerprint density at radius 1 is 1.19 bits per heavy atom. The summed E-state index contributed by atoms with van der Waals surface area (Å²) < 4.78 is 24.4. The molecule has 0 bridgehead atoms. The quantitative estimate of drug-likeness (QED) is 0.913. The summed E-state index contributed by atoms with van der Waals surface area (Å²) in [6.45, 7) is 3.69. The topological polar surface area (TPSA) is 50.8 Å². The van der Waals surface area contributed by atoms with Crippen molar-refractivity contribution in [3.8, 4) is 11.5 Å². The Morgan fingerprint density at radius 2 is 1.88 bits per heavy atom. The van der Waals surface area contributed by atoms with Crippen LogP contribution in [0.3, 0.4) is 0 Å². The second-order valence-corrected chi connectivity index (χ2v) is 6.28. The lowest BCUT2D eigenvalue weighted by atomic mass is 10.0. The van der Waals surface area contributed by atoms with Crippen molar-refractivity contribution >= 4 is 5.91 Å². The van der Waals surface area contributed by atoms with Crippen LogP contribution in [-0.2, 0) is 0 Å². The molecular formula is C20H23FN2O3. The molecule has 6 heteroatoms. The lowest BCUT2D eigenvalue weighted by Crippen LogP contribution is -2.48. The lowest BCUT2D eigenvalue weighted by Gasteiger charge is -2.36. The van der Waals surface area contributed by atoms with E-state index in [1.807, 2.05) is 13.0 Å². The second-order valence-electron chi connectivity index (χ2n) is 6.28. The van der Waals surface area contributed by atoms with Gasteiger partial charge in [0.1, 0.15) is 17.3 Å². The molecule has 1 amide bonds. The number of benzene rings is 2. The summed E-state index contributed by atoms with van der Waals surface area (Å²) >= 11 is 0. The summed E-state index contributed by atoms with van der Waals surface area (Å²) in [6, 6.07) is 9.62. The highest BCUT2D eigenvalue weighted by Crippen LogP contribution is 2.32. The van der Waals surface area contributed by atoms with Crippen molar-refractivity contribution in [2.24, 2.45) is 0 Å². The van der Waals surface area contributed by atoms with Crippen LogP contribution in [-0.4, -0.2) is 44.7 Å². The molecule has 0 radical (unpaired) electrons.